The molecule has 2 aromatic rings. The van der Waals surface area contributed by atoms with Gasteiger partial charge in [0.1, 0.15) is 11.9 Å². The van der Waals surface area contributed by atoms with Crippen molar-refractivity contribution in [3.63, 3.8) is 0 Å². The third-order valence-corrected chi connectivity index (χ3v) is 2.75. The Bertz CT molecular complexity index is 493. The van der Waals surface area contributed by atoms with Crippen LogP contribution >= 0.6 is 11.6 Å². The molecule has 0 radical (unpaired) electrons. The van der Waals surface area contributed by atoms with E-state index in [0.29, 0.717) is 10.8 Å². The van der Waals surface area contributed by atoms with Gasteiger partial charge in [0.2, 0.25) is 0 Å². The van der Waals surface area contributed by atoms with Crippen molar-refractivity contribution in [3.8, 4) is 5.75 Å². The topological polar surface area (TPSA) is 9.23 Å². The largest absolute Gasteiger partial charge is 0.480 e. The van der Waals surface area contributed by atoms with Crippen LogP contribution in [0.25, 0.3) is 0 Å². The van der Waals surface area contributed by atoms with Crippen LogP contribution in [0.1, 0.15) is 11.7 Å². The van der Waals surface area contributed by atoms with E-state index in [1.165, 1.54) is 0 Å². The lowest BCUT2D eigenvalue weighted by molar-refractivity contribution is 0.256. The first-order valence-electron chi connectivity index (χ1n) is 5.40. The highest BCUT2D eigenvalue weighted by Crippen LogP contribution is 2.29. The number of rotatable bonds is 4. The fourth-order valence-corrected chi connectivity index (χ4v) is 1.75. The molecular weight excluding hydrogens is 232 g/mol. The smallest absolute Gasteiger partial charge is 0.142 e. The summed E-state index contributed by atoms with van der Waals surface area (Å²) in [5, 5.41) is 0.607. The second-order valence-electron chi connectivity index (χ2n) is 3.62. The van der Waals surface area contributed by atoms with Crippen LogP contribution in [-0.2, 0) is 0 Å². The van der Waals surface area contributed by atoms with Crippen LogP contribution in [0.3, 0.4) is 0 Å². The van der Waals surface area contributed by atoms with Crippen LogP contribution in [0.2, 0.25) is 5.02 Å². The Balaban J connectivity index is 2.22. The minimum atomic E-state index is -0.184. The highest BCUT2D eigenvalue weighted by Gasteiger charge is 2.10. The fraction of sp³-hybridized carbons (Fsp3) is 0.0667. The molecule has 2 rings (SSSR count). The maximum absolute atomic E-state index is 6.05. The van der Waals surface area contributed by atoms with Crippen LogP contribution in [0, 0.1) is 0 Å². The highest BCUT2D eigenvalue weighted by atomic mass is 35.5. The molecule has 1 atom stereocenters. The van der Waals surface area contributed by atoms with Crippen molar-refractivity contribution in [1.29, 1.82) is 0 Å². The van der Waals surface area contributed by atoms with Crippen molar-refractivity contribution in [2.24, 2.45) is 0 Å². The van der Waals surface area contributed by atoms with E-state index in [4.69, 9.17) is 16.3 Å². The summed E-state index contributed by atoms with van der Waals surface area (Å²) in [5.41, 5.74) is 1.06. The van der Waals surface area contributed by atoms with Gasteiger partial charge in [0.25, 0.3) is 0 Å². The number of hydrogen-bond acceptors (Lipinski definition) is 1. The summed E-state index contributed by atoms with van der Waals surface area (Å²) < 4.78 is 5.83. The third kappa shape index (κ3) is 2.89. The van der Waals surface area contributed by atoms with E-state index in [2.05, 4.69) is 6.58 Å². The first-order valence-corrected chi connectivity index (χ1v) is 5.78. The molecule has 0 aromatic heterocycles. The van der Waals surface area contributed by atoms with Crippen molar-refractivity contribution in [3.05, 3.63) is 77.8 Å². The lowest BCUT2D eigenvalue weighted by Gasteiger charge is -2.16. The van der Waals surface area contributed by atoms with Gasteiger partial charge in [-0.2, -0.15) is 0 Å². The van der Waals surface area contributed by atoms with Gasteiger partial charge in [0, 0.05) is 0 Å². The average molecular weight is 245 g/mol. The molecule has 0 N–H and O–H groups in total. The van der Waals surface area contributed by atoms with Crippen LogP contribution in [0.5, 0.6) is 5.75 Å². The van der Waals surface area contributed by atoms with Gasteiger partial charge in [-0.1, -0.05) is 60.6 Å². The second-order valence-corrected chi connectivity index (χ2v) is 4.02. The standard InChI is InChI=1S/C15H13ClO/c1-2-14(12-8-4-3-5-9-12)17-15-11-7-6-10-13(15)16/h2-11,14H,1H2. The van der Waals surface area contributed by atoms with Gasteiger partial charge in [0.05, 0.1) is 5.02 Å². The van der Waals surface area contributed by atoms with E-state index in [1.54, 1.807) is 6.08 Å². The normalized spacial score (nSPS) is 11.8. The number of halogens is 1. The van der Waals surface area contributed by atoms with Crippen LogP contribution in [-0.4, -0.2) is 0 Å². The van der Waals surface area contributed by atoms with Crippen molar-refractivity contribution < 1.29 is 4.74 Å². The molecule has 0 spiro atoms. The molecule has 1 unspecified atom stereocenters. The lowest BCUT2D eigenvalue weighted by atomic mass is 10.1. The van der Waals surface area contributed by atoms with Gasteiger partial charge in [-0.3, -0.25) is 0 Å². The van der Waals surface area contributed by atoms with E-state index >= 15 is 0 Å². The fourth-order valence-electron chi connectivity index (χ4n) is 1.57. The average Bonchev–Trinajstić information content (AvgIpc) is 2.39. The minimum Gasteiger partial charge on any atom is -0.480 e. The first kappa shape index (κ1) is 11.7. The minimum absolute atomic E-state index is 0.184. The molecular formula is C15H13ClO. The van der Waals surface area contributed by atoms with Crippen molar-refractivity contribution >= 4 is 11.6 Å². The second kappa shape index (κ2) is 5.55. The monoisotopic (exact) mass is 244 g/mol. The van der Waals surface area contributed by atoms with Gasteiger partial charge >= 0.3 is 0 Å². The van der Waals surface area contributed by atoms with Gasteiger partial charge in [-0.15, -0.1) is 0 Å². The zero-order valence-electron chi connectivity index (χ0n) is 9.34. The summed E-state index contributed by atoms with van der Waals surface area (Å²) >= 11 is 6.05. The maximum atomic E-state index is 6.05. The van der Waals surface area contributed by atoms with Crippen LogP contribution in [0.15, 0.2) is 67.3 Å². The molecule has 0 saturated carbocycles. The zero-order chi connectivity index (χ0) is 12.1. The quantitative estimate of drug-likeness (QED) is 0.712. The molecule has 0 heterocycles. The number of benzene rings is 2. The Morgan fingerprint density at radius 1 is 1.00 bits per heavy atom. The van der Waals surface area contributed by atoms with E-state index in [1.807, 2.05) is 54.6 Å². The summed E-state index contributed by atoms with van der Waals surface area (Å²) in [6.07, 6.45) is 1.58. The van der Waals surface area contributed by atoms with Gasteiger partial charge in [-0.25, -0.2) is 0 Å². The van der Waals surface area contributed by atoms with Gasteiger partial charge in [-0.05, 0) is 23.8 Å². The molecule has 0 fully saturated rings. The molecule has 2 heteroatoms. The Kier molecular flexibility index (Phi) is 3.84. The van der Waals surface area contributed by atoms with E-state index in [9.17, 15) is 0 Å². The summed E-state index contributed by atoms with van der Waals surface area (Å²) in [7, 11) is 0. The summed E-state index contributed by atoms with van der Waals surface area (Å²) in [5.74, 6) is 0.669. The van der Waals surface area contributed by atoms with Gasteiger partial charge in [0.15, 0.2) is 0 Å². The summed E-state index contributed by atoms with van der Waals surface area (Å²) in [4.78, 5) is 0. The maximum Gasteiger partial charge on any atom is 0.142 e. The van der Waals surface area contributed by atoms with Gasteiger partial charge < -0.3 is 4.74 Å². The Morgan fingerprint density at radius 3 is 2.29 bits per heavy atom. The van der Waals surface area contributed by atoms with Crippen molar-refractivity contribution in [2.45, 2.75) is 6.10 Å². The van der Waals surface area contributed by atoms with Crippen molar-refractivity contribution in [2.75, 3.05) is 0 Å². The molecule has 0 amide bonds. The molecule has 1 nitrogen and oxygen atoms in total. The molecule has 0 aliphatic carbocycles. The molecule has 0 aliphatic rings. The highest BCUT2D eigenvalue weighted by molar-refractivity contribution is 6.32. The predicted octanol–water partition coefficient (Wildman–Crippen LogP) is 4.65. The van der Waals surface area contributed by atoms with Crippen LogP contribution < -0.4 is 4.74 Å². The Morgan fingerprint density at radius 2 is 1.65 bits per heavy atom. The number of ether oxygens (including phenoxy) is 1. The molecule has 0 bridgehead atoms. The predicted molar refractivity (Wildman–Crippen MR) is 71.5 cm³/mol. The molecule has 86 valence electrons. The van der Waals surface area contributed by atoms with E-state index in [0.717, 1.165) is 5.56 Å². The molecule has 0 saturated heterocycles. The first-order chi connectivity index (χ1) is 8.31. The third-order valence-electron chi connectivity index (χ3n) is 2.43. The number of para-hydroxylation sites is 1. The van der Waals surface area contributed by atoms with Crippen molar-refractivity contribution in [1.82, 2.24) is 0 Å². The van der Waals surface area contributed by atoms with E-state index in [-0.39, 0.29) is 6.10 Å². The molecule has 17 heavy (non-hydrogen) atoms. The van der Waals surface area contributed by atoms with Crippen LogP contribution in [0.4, 0.5) is 0 Å². The SMILES string of the molecule is C=CC(Oc1ccccc1Cl)c1ccccc1. The summed E-state index contributed by atoms with van der Waals surface area (Å²) in [6.45, 7) is 3.80. The Labute approximate surface area is 106 Å². The van der Waals surface area contributed by atoms with E-state index < -0.39 is 0 Å². The zero-order valence-corrected chi connectivity index (χ0v) is 10.1. The number of hydrogen-bond donors (Lipinski definition) is 0. The molecule has 0 aliphatic heterocycles. The molecule has 2 aromatic carbocycles. The Hall–Kier alpha value is -1.73. The summed E-state index contributed by atoms with van der Waals surface area (Å²) in [6, 6.07) is 17.4. The lowest BCUT2D eigenvalue weighted by Crippen LogP contribution is -2.04.